The van der Waals surface area contributed by atoms with E-state index in [1.54, 1.807) is 0 Å². The van der Waals surface area contributed by atoms with Crippen LogP contribution in [0.25, 0.3) is 0 Å². The van der Waals surface area contributed by atoms with Gasteiger partial charge in [0.1, 0.15) is 0 Å². The fraction of sp³-hybridized carbons (Fsp3) is 1.00. The molecule has 0 radical (unpaired) electrons. The smallest absolute Gasteiger partial charge is 0.00871 e. The Balaban J connectivity index is 2.62. The number of nitrogens with zero attached hydrogens (tertiary/aromatic N) is 1. The molecule has 0 bridgehead atoms. The summed E-state index contributed by atoms with van der Waals surface area (Å²) in [6.07, 6.45) is 5.40. The highest BCUT2D eigenvalue weighted by Crippen LogP contribution is 2.39. The normalized spacial score (nSPS) is 32.1. The first-order chi connectivity index (χ1) is 7.90. The fourth-order valence-corrected chi connectivity index (χ4v) is 3.34. The Morgan fingerprint density at radius 1 is 1.35 bits per heavy atom. The average molecular weight is 240 g/mol. The summed E-state index contributed by atoms with van der Waals surface area (Å²) in [5, 5.41) is 0. The highest BCUT2D eigenvalue weighted by atomic mass is 15.1. The molecule has 1 fully saturated rings. The van der Waals surface area contributed by atoms with Gasteiger partial charge < -0.3 is 10.6 Å². The van der Waals surface area contributed by atoms with Crippen molar-refractivity contribution < 1.29 is 0 Å². The van der Waals surface area contributed by atoms with E-state index in [0.717, 1.165) is 18.4 Å². The molecule has 0 spiro atoms. The number of rotatable bonds is 5. The van der Waals surface area contributed by atoms with Crippen LogP contribution in [-0.2, 0) is 0 Å². The number of hydrogen-bond acceptors (Lipinski definition) is 2. The largest absolute Gasteiger partial charge is 0.330 e. The van der Waals surface area contributed by atoms with Gasteiger partial charge in [0.25, 0.3) is 0 Å². The highest BCUT2D eigenvalue weighted by Gasteiger charge is 2.35. The standard InChI is InChI=1S/C15H32N2/c1-12(2)14(4)17(5)11-15(10-16)8-6-7-13(3)9-15/h12-14H,6-11,16H2,1-5H3. The molecule has 1 aliphatic carbocycles. The Kier molecular flexibility index (Phi) is 5.46. The van der Waals surface area contributed by atoms with Crippen LogP contribution in [-0.4, -0.2) is 31.1 Å². The van der Waals surface area contributed by atoms with Crippen LogP contribution in [0.4, 0.5) is 0 Å². The molecule has 1 aliphatic rings. The average Bonchev–Trinajstić information content (AvgIpc) is 2.27. The highest BCUT2D eigenvalue weighted by molar-refractivity contribution is 4.89. The molecule has 0 saturated heterocycles. The van der Waals surface area contributed by atoms with E-state index in [-0.39, 0.29) is 0 Å². The van der Waals surface area contributed by atoms with E-state index in [1.165, 1.54) is 32.2 Å². The first-order valence-electron chi connectivity index (χ1n) is 7.30. The predicted molar refractivity (Wildman–Crippen MR) is 76.0 cm³/mol. The molecule has 0 aromatic heterocycles. The van der Waals surface area contributed by atoms with Gasteiger partial charge in [0.15, 0.2) is 0 Å². The molecule has 102 valence electrons. The molecule has 2 N–H and O–H groups in total. The molecular weight excluding hydrogens is 208 g/mol. The molecule has 3 atom stereocenters. The van der Waals surface area contributed by atoms with Crippen molar-refractivity contribution in [2.45, 2.75) is 59.4 Å². The molecule has 1 rings (SSSR count). The molecular formula is C15H32N2. The molecule has 17 heavy (non-hydrogen) atoms. The third-order valence-electron chi connectivity index (χ3n) is 4.86. The van der Waals surface area contributed by atoms with E-state index >= 15 is 0 Å². The van der Waals surface area contributed by atoms with Crippen molar-refractivity contribution in [3.63, 3.8) is 0 Å². The van der Waals surface area contributed by atoms with Crippen LogP contribution >= 0.6 is 0 Å². The van der Waals surface area contributed by atoms with E-state index in [9.17, 15) is 0 Å². The van der Waals surface area contributed by atoms with E-state index in [0.29, 0.717) is 11.5 Å². The van der Waals surface area contributed by atoms with Gasteiger partial charge in [0.2, 0.25) is 0 Å². The Labute approximate surface area is 108 Å². The Morgan fingerprint density at radius 2 is 2.00 bits per heavy atom. The Morgan fingerprint density at radius 3 is 2.47 bits per heavy atom. The lowest BCUT2D eigenvalue weighted by molar-refractivity contribution is 0.0728. The van der Waals surface area contributed by atoms with Gasteiger partial charge in [-0.05, 0) is 50.6 Å². The van der Waals surface area contributed by atoms with Crippen LogP contribution in [0.2, 0.25) is 0 Å². The zero-order valence-corrected chi connectivity index (χ0v) is 12.5. The van der Waals surface area contributed by atoms with E-state index in [2.05, 4.69) is 39.6 Å². The first kappa shape index (κ1) is 15.0. The molecule has 0 aliphatic heterocycles. The lowest BCUT2D eigenvalue weighted by atomic mass is 9.69. The van der Waals surface area contributed by atoms with Crippen molar-refractivity contribution in [1.29, 1.82) is 0 Å². The third kappa shape index (κ3) is 3.96. The van der Waals surface area contributed by atoms with Crippen molar-refractivity contribution >= 4 is 0 Å². The quantitative estimate of drug-likeness (QED) is 0.800. The third-order valence-corrected chi connectivity index (χ3v) is 4.86. The van der Waals surface area contributed by atoms with Crippen molar-refractivity contribution in [3.05, 3.63) is 0 Å². The van der Waals surface area contributed by atoms with E-state index in [1.807, 2.05) is 0 Å². The molecule has 1 saturated carbocycles. The second-order valence-electron chi connectivity index (χ2n) is 6.81. The van der Waals surface area contributed by atoms with E-state index < -0.39 is 0 Å². The molecule has 2 heteroatoms. The summed E-state index contributed by atoms with van der Waals surface area (Å²) >= 11 is 0. The van der Waals surface area contributed by atoms with E-state index in [4.69, 9.17) is 5.73 Å². The van der Waals surface area contributed by atoms with Crippen LogP contribution in [0.5, 0.6) is 0 Å². The topological polar surface area (TPSA) is 29.3 Å². The molecule has 0 heterocycles. The molecule has 0 aromatic carbocycles. The lowest BCUT2D eigenvalue weighted by Gasteiger charge is -2.43. The predicted octanol–water partition coefficient (Wildman–Crippen LogP) is 3.12. The van der Waals surface area contributed by atoms with Crippen molar-refractivity contribution in [2.75, 3.05) is 20.1 Å². The summed E-state index contributed by atoms with van der Waals surface area (Å²) in [6, 6.07) is 0.649. The maximum Gasteiger partial charge on any atom is 0.00871 e. The summed E-state index contributed by atoms with van der Waals surface area (Å²) in [7, 11) is 2.27. The van der Waals surface area contributed by atoms with Gasteiger partial charge in [0, 0.05) is 12.6 Å². The number of nitrogens with two attached hydrogens (primary N) is 1. The van der Waals surface area contributed by atoms with Gasteiger partial charge in [-0.1, -0.05) is 33.6 Å². The zero-order chi connectivity index (χ0) is 13.1. The summed E-state index contributed by atoms with van der Waals surface area (Å²) in [4.78, 5) is 2.52. The summed E-state index contributed by atoms with van der Waals surface area (Å²) in [5.41, 5.74) is 6.48. The van der Waals surface area contributed by atoms with Crippen LogP contribution < -0.4 is 5.73 Å². The Hall–Kier alpha value is -0.0800. The SMILES string of the molecule is CC1CCCC(CN)(CN(C)C(C)C(C)C)C1. The molecule has 0 aromatic rings. The van der Waals surface area contributed by atoms with Crippen LogP contribution in [0.3, 0.4) is 0 Å². The van der Waals surface area contributed by atoms with Crippen LogP contribution in [0.15, 0.2) is 0 Å². The maximum absolute atomic E-state index is 6.10. The second-order valence-corrected chi connectivity index (χ2v) is 6.81. The summed E-state index contributed by atoms with van der Waals surface area (Å²) in [6.45, 7) is 11.4. The van der Waals surface area contributed by atoms with Crippen LogP contribution in [0.1, 0.15) is 53.4 Å². The Bertz CT molecular complexity index is 227. The van der Waals surface area contributed by atoms with Gasteiger partial charge >= 0.3 is 0 Å². The molecule has 2 nitrogen and oxygen atoms in total. The molecule has 3 unspecified atom stereocenters. The minimum absolute atomic E-state index is 0.384. The minimum Gasteiger partial charge on any atom is -0.330 e. The van der Waals surface area contributed by atoms with Gasteiger partial charge in [-0.3, -0.25) is 0 Å². The lowest BCUT2D eigenvalue weighted by Crippen LogP contribution is -2.47. The van der Waals surface area contributed by atoms with Crippen molar-refractivity contribution in [2.24, 2.45) is 23.0 Å². The zero-order valence-electron chi connectivity index (χ0n) is 12.5. The van der Waals surface area contributed by atoms with Crippen molar-refractivity contribution in [1.82, 2.24) is 4.90 Å². The minimum atomic E-state index is 0.384. The van der Waals surface area contributed by atoms with Gasteiger partial charge in [-0.25, -0.2) is 0 Å². The maximum atomic E-state index is 6.10. The van der Waals surface area contributed by atoms with Gasteiger partial charge in [0.05, 0.1) is 0 Å². The van der Waals surface area contributed by atoms with Gasteiger partial charge in [-0.15, -0.1) is 0 Å². The number of hydrogen-bond donors (Lipinski definition) is 1. The summed E-state index contributed by atoms with van der Waals surface area (Å²) < 4.78 is 0. The van der Waals surface area contributed by atoms with Gasteiger partial charge in [-0.2, -0.15) is 0 Å². The fourth-order valence-electron chi connectivity index (χ4n) is 3.34. The monoisotopic (exact) mass is 240 g/mol. The van der Waals surface area contributed by atoms with Crippen LogP contribution in [0, 0.1) is 17.3 Å². The molecule has 0 amide bonds. The summed E-state index contributed by atoms with van der Waals surface area (Å²) in [5.74, 6) is 1.57. The van der Waals surface area contributed by atoms with Crippen molar-refractivity contribution in [3.8, 4) is 0 Å². The first-order valence-corrected chi connectivity index (χ1v) is 7.30. The second kappa shape index (κ2) is 6.19.